The number of benzene rings is 1. The van der Waals surface area contributed by atoms with E-state index in [-0.39, 0.29) is 30.5 Å². The number of alkyl halides is 3. The van der Waals surface area contributed by atoms with Crippen molar-refractivity contribution >= 4 is 43.3 Å². The van der Waals surface area contributed by atoms with Crippen molar-refractivity contribution in [1.82, 2.24) is 19.7 Å². The summed E-state index contributed by atoms with van der Waals surface area (Å²) in [6.07, 6.45) is -6.81. The summed E-state index contributed by atoms with van der Waals surface area (Å²) in [5.74, 6) is -0.838. The molecule has 0 aliphatic heterocycles. The van der Waals surface area contributed by atoms with Crippen molar-refractivity contribution in [3.05, 3.63) is 30.0 Å². The molecule has 15 heteroatoms. The molecule has 0 radical (unpaired) electrons. The van der Waals surface area contributed by atoms with Crippen molar-refractivity contribution < 1.29 is 31.8 Å². The number of thiazole rings is 1. The fourth-order valence-electron chi connectivity index (χ4n) is 4.15. The zero-order chi connectivity index (χ0) is 27.0. The lowest BCUT2D eigenvalue weighted by Gasteiger charge is -2.21. The predicted molar refractivity (Wildman–Crippen MR) is 135 cm³/mol. The molecule has 1 aromatic carbocycles. The summed E-state index contributed by atoms with van der Waals surface area (Å²) in [4.78, 5) is 13.1. The summed E-state index contributed by atoms with van der Waals surface area (Å²) in [6, 6.07) is 6.65. The number of anilines is 2. The molecule has 202 valence electrons. The minimum absolute atomic E-state index is 0.0709. The maximum absolute atomic E-state index is 12.8. The van der Waals surface area contributed by atoms with E-state index >= 15 is 0 Å². The SMILES string of the molecule is CCS(=O)(=O)NC[C@H]1C[C@@H](Nc2nc(NCC(F)(F)F)nc(C)c2-c2nc3ccccc3s2)[C@H](O)[C@@H]1O. The van der Waals surface area contributed by atoms with Crippen molar-refractivity contribution in [3.63, 3.8) is 0 Å². The van der Waals surface area contributed by atoms with E-state index in [4.69, 9.17) is 0 Å². The summed E-state index contributed by atoms with van der Waals surface area (Å²) in [6.45, 7) is 1.70. The molecule has 1 saturated carbocycles. The minimum Gasteiger partial charge on any atom is -0.390 e. The zero-order valence-corrected chi connectivity index (χ0v) is 21.6. The van der Waals surface area contributed by atoms with E-state index < -0.39 is 46.9 Å². The quantitative estimate of drug-likeness (QED) is 0.266. The van der Waals surface area contributed by atoms with Gasteiger partial charge in [-0.25, -0.2) is 23.1 Å². The molecule has 1 fully saturated rings. The highest BCUT2D eigenvalue weighted by atomic mass is 32.2. The van der Waals surface area contributed by atoms with Gasteiger partial charge in [0, 0.05) is 12.5 Å². The molecule has 0 unspecified atom stereocenters. The molecule has 0 saturated heterocycles. The van der Waals surface area contributed by atoms with Crippen molar-refractivity contribution in [1.29, 1.82) is 0 Å². The summed E-state index contributed by atoms with van der Waals surface area (Å²) < 4.78 is 65.3. The third kappa shape index (κ3) is 6.46. The van der Waals surface area contributed by atoms with Crippen LogP contribution in [0.3, 0.4) is 0 Å². The van der Waals surface area contributed by atoms with Crippen LogP contribution < -0.4 is 15.4 Å². The van der Waals surface area contributed by atoms with E-state index in [1.165, 1.54) is 18.3 Å². The Hall–Kier alpha value is -2.59. The first-order valence-electron chi connectivity index (χ1n) is 11.5. The number of fused-ring (bicyclic) bond motifs is 1. The number of nitrogens with one attached hydrogen (secondary N) is 3. The molecular formula is C22H27F3N6O4S2. The Morgan fingerprint density at radius 3 is 2.54 bits per heavy atom. The molecule has 3 aromatic rings. The van der Waals surface area contributed by atoms with Crippen LogP contribution in [0.1, 0.15) is 19.0 Å². The molecule has 10 nitrogen and oxygen atoms in total. The number of aryl methyl sites for hydroxylation is 1. The summed E-state index contributed by atoms with van der Waals surface area (Å²) >= 11 is 1.36. The van der Waals surface area contributed by atoms with Gasteiger partial charge in [-0.1, -0.05) is 12.1 Å². The average Bonchev–Trinajstić information content (AvgIpc) is 3.37. The van der Waals surface area contributed by atoms with Crippen molar-refractivity contribution in [3.8, 4) is 10.6 Å². The number of hydrogen-bond donors (Lipinski definition) is 5. The molecule has 2 aromatic heterocycles. The number of aliphatic hydroxyl groups is 2. The monoisotopic (exact) mass is 560 g/mol. The number of nitrogens with zero attached hydrogens (tertiary/aromatic N) is 3. The van der Waals surface area contributed by atoms with Gasteiger partial charge in [0.1, 0.15) is 23.5 Å². The van der Waals surface area contributed by atoms with Gasteiger partial charge in [-0.2, -0.15) is 18.2 Å². The molecule has 1 aliphatic rings. The lowest BCUT2D eigenvalue weighted by molar-refractivity contribution is -0.115. The van der Waals surface area contributed by atoms with Crippen LogP contribution in [0.15, 0.2) is 24.3 Å². The largest absolute Gasteiger partial charge is 0.405 e. The topological polar surface area (TPSA) is 149 Å². The van der Waals surface area contributed by atoms with E-state index in [0.717, 1.165) is 10.2 Å². The number of aromatic nitrogens is 3. The Morgan fingerprint density at radius 2 is 1.86 bits per heavy atom. The first kappa shape index (κ1) is 27.4. The van der Waals surface area contributed by atoms with Crippen LogP contribution in [0.2, 0.25) is 0 Å². The van der Waals surface area contributed by atoms with Crippen LogP contribution in [0.25, 0.3) is 20.8 Å². The first-order chi connectivity index (χ1) is 17.4. The lowest BCUT2D eigenvalue weighted by Crippen LogP contribution is -2.38. The fourth-order valence-corrected chi connectivity index (χ4v) is 5.89. The van der Waals surface area contributed by atoms with Gasteiger partial charge in [0.2, 0.25) is 16.0 Å². The van der Waals surface area contributed by atoms with E-state index in [1.807, 2.05) is 24.3 Å². The van der Waals surface area contributed by atoms with Gasteiger partial charge < -0.3 is 20.8 Å². The Balaban J connectivity index is 1.66. The van der Waals surface area contributed by atoms with E-state index in [0.29, 0.717) is 16.3 Å². The zero-order valence-electron chi connectivity index (χ0n) is 20.0. The minimum atomic E-state index is -4.48. The molecular weight excluding hydrogens is 533 g/mol. The van der Waals surface area contributed by atoms with Crippen molar-refractivity contribution in [2.75, 3.05) is 29.5 Å². The number of hydrogen-bond acceptors (Lipinski definition) is 10. The standard InChI is InChI=1S/C22H27F3N6O4S2/c1-3-37(34,35)27-9-12-8-14(18(33)17(12)32)29-19-16(20-30-13-6-4-5-7-15(13)36-20)11(2)28-21(31-19)26-10-22(23,24)25/h4-7,12,14,17-18,27,32-33H,3,8-10H2,1-2H3,(H2,26,28,29,31)/t12-,14-,17-,18+/m1/s1. The fraction of sp³-hybridized carbons (Fsp3) is 0.500. The number of halogens is 3. The van der Waals surface area contributed by atoms with Crippen LogP contribution >= 0.6 is 11.3 Å². The van der Waals surface area contributed by atoms with Crippen molar-refractivity contribution in [2.45, 2.75) is 44.7 Å². The molecule has 0 bridgehead atoms. The molecule has 2 heterocycles. The van der Waals surface area contributed by atoms with Crippen LogP contribution in [-0.2, 0) is 10.0 Å². The van der Waals surface area contributed by atoms with E-state index in [9.17, 15) is 31.8 Å². The van der Waals surface area contributed by atoms with Gasteiger partial charge in [-0.05, 0) is 32.4 Å². The van der Waals surface area contributed by atoms with Gasteiger partial charge in [0.15, 0.2) is 0 Å². The normalized spacial score (nSPS) is 22.5. The smallest absolute Gasteiger partial charge is 0.390 e. The third-order valence-electron chi connectivity index (χ3n) is 6.11. The molecule has 4 atom stereocenters. The Kier molecular flexibility index (Phi) is 7.90. The van der Waals surface area contributed by atoms with E-state index in [1.54, 1.807) is 6.92 Å². The highest BCUT2D eigenvalue weighted by Gasteiger charge is 2.42. The number of rotatable bonds is 9. The lowest BCUT2D eigenvalue weighted by atomic mass is 10.1. The number of aliphatic hydroxyl groups excluding tert-OH is 2. The molecule has 5 N–H and O–H groups in total. The maximum Gasteiger partial charge on any atom is 0.405 e. The Morgan fingerprint density at radius 1 is 1.14 bits per heavy atom. The highest BCUT2D eigenvalue weighted by molar-refractivity contribution is 7.89. The number of para-hydroxylation sites is 1. The molecule has 0 spiro atoms. The summed E-state index contributed by atoms with van der Waals surface area (Å²) in [5.41, 5.74) is 1.55. The summed E-state index contributed by atoms with van der Waals surface area (Å²) in [5, 5.41) is 27.0. The van der Waals surface area contributed by atoms with Crippen molar-refractivity contribution in [2.24, 2.45) is 5.92 Å². The van der Waals surface area contributed by atoms with Gasteiger partial charge >= 0.3 is 6.18 Å². The van der Waals surface area contributed by atoms with Crippen LogP contribution in [0, 0.1) is 12.8 Å². The molecule has 4 rings (SSSR count). The van der Waals surface area contributed by atoms with Gasteiger partial charge in [0.05, 0.1) is 39.4 Å². The predicted octanol–water partition coefficient (Wildman–Crippen LogP) is 2.50. The van der Waals surface area contributed by atoms with Gasteiger partial charge in [-0.3, -0.25) is 0 Å². The van der Waals surface area contributed by atoms with Crippen LogP contribution in [-0.4, -0.2) is 76.9 Å². The van der Waals surface area contributed by atoms with E-state index in [2.05, 4.69) is 30.3 Å². The summed E-state index contributed by atoms with van der Waals surface area (Å²) in [7, 11) is -3.50. The van der Waals surface area contributed by atoms with Crippen LogP contribution in [0.5, 0.6) is 0 Å². The van der Waals surface area contributed by atoms with Crippen LogP contribution in [0.4, 0.5) is 24.9 Å². The second kappa shape index (κ2) is 10.6. The highest BCUT2D eigenvalue weighted by Crippen LogP contribution is 2.38. The number of sulfonamides is 1. The first-order valence-corrected chi connectivity index (χ1v) is 14.0. The maximum atomic E-state index is 12.8. The van der Waals surface area contributed by atoms with Gasteiger partial charge in [0.25, 0.3) is 0 Å². The molecule has 1 aliphatic carbocycles. The second-order valence-corrected chi connectivity index (χ2v) is 11.9. The Labute approximate surface area is 215 Å². The molecule has 37 heavy (non-hydrogen) atoms. The second-order valence-electron chi connectivity index (χ2n) is 8.79. The molecule has 0 amide bonds. The average molecular weight is 561 g/mol. The third-order valence-corrected chi connectivity index (χ3v) is 8.53. The van der Waals surface area contributed by atoms with Gasteiger partial charge in [-0.15, -0.1) is 11.3 Å². The Bertz CT molecular complexity index is 1340.